The second kappa shape index (κ2) is 67.4. The van der Waals surface area contributed by atoms with Crippen molar-refractivity contribution in [2.75, 3.05) is 47.5 Å². The molecule has 0 saturated carbocycles. The number of hydrogen-bond donors (Lipinski definition) is 1. The minimum atomic E-state index is -1.52. The lowest BCUT2D eigenvalue weighted by atomic mass is 10.0. The van der Waals surface area contributed by atoms with Gasteiger partial charge in [0, 0.05) is 12.8 Å². The van der Waals surface area contributed by atoms with Crippen molar-refractivity contribution in [2.45, 2.75) is 296 Å². The van der Waals surface area contributed by atoms with Crippen LogP contribution in [-0.2, 0) is 33.3 Å². The minimum absolute atomic E-state index is 0.181. The largest absolute Gasteiger partial charge is 0.477 e. The summed E-state index contributed by atoms with van der Waals surface area (Å²) in [5, 5.41) is 9.75. The third-order valence-electron chi connectivity index (χ3n) is 14.9. The molecular formula is C78H132NO8+. The van der Waals surface area contributed by atoms with Gasteiger partial charge in [-0.05, 0) is 109 Å². The van der Waals surface area contributed by atoms with Crippen LogP contribution in [0.2, 0.25) is 0 Å². The summed E-state index contributed by atoms with van der Waals surface area (Å²) in [5.74, 6) is -2.02. The lowest BCUT2D eigenvalue weighted by Crippen LogP contribution is -2.40. The highest BCUT2D eigenvalue weighted by atomic mass is 16.7. The number of carbonyl (C=O) groups excluding carboxylic acids is 2. The first-order valence-corrected chi connectivity index (χ1v) is 35.3. The number of carboxylic acids is 1. The summed E-state index contributed by atoms with van der Waals surface area (Å²) in [6.07, 6.45) is 94.2. The van der Waals surface area contributed by atoms with Crippen LogP contribution >= 0.6 is 0 Å². The molecule has 0 aromatic carbocycles. The monoisotopic (exact) mass is 1210 g/mol. The summed E-state index contributed by atoms with van der Waals surface area (Å²) in [6, 6.07) is 0. The van der Waals surface area contributed by atoms with Gasteiger partial charge < -0.3 is 28.5 Å². The van der Waals surface area contributed by atoms with E-state index >= 15 is 0 Å². The lowest BCUT2D eigenvalue weighted by molar-refractivity contribution is -0.870. The number of esters is 2. The highest BCUT2D eigenvalue weighted by molar-refractivity contribution is 5.71. The first-order valence-electron chi connectivity index (χ1n) is 35.3. The van der Waals surface area contributed by atoms with Crippen molar-refractivity contribution < 1.29 is 42.9 Å². The number of aliphatic carboxylic acids is 1. The number of unbranched alkanes of at least 4 members (excludes halogenated alkanes) is 27. The third-order valence-corrected chi connectivity index (χ3v) is 14.9. The Morgan fingerprint density at radius 1 is 0.345 bits per heavy atom. The number of quaternary nitrogens is 1. The van der Waals surface area contributed by atoms with E-state index in [1.165, 1.54) is 135 Å². The molecule has 9 heteroatoms. The van der Waals surface area contributed by atoms with Crippen molar-refractivity contribution in [2.24, 2.45) is 0 Å². The molecular weight excluding hydrogens is 1080 g/mol. The van der Waals surface area contributed by atoms with Crippen molar-refractivity contribution in [3.8, 4) is 0 Å². The molecule has 0 rings (SSSR count). The Morgan fingerprint density at radius 3 is 0.920 bits per heavy atom. The summed E-state index contributed by atoms with van der Waals surface area (Å²) in [5.41, 5.74) is 0. The van der Waals surface area contributed by atoms with Crippen LogP contribution in [0.5, 0.6) is 0 Å². The minimum Gasteiger partial charge on any atom is -0.477 e. The van der Waals surface area contributed by atoms with Gasteiger partial charge in [0.1, 0.15) is 13.2 Å². The summed E-state index contributed by atoms with van der Waals surface area (Å²) < 4.78 is 23.0. The quantitative estimate of drug-likeness (QED) is 0.0211. The van der Waals surface area contributed by atoms with E-state index in [9.17, 15) is 19.5 Å². The van der Waals surface area contributed by atoms with E-state index < -0.39 is 24.3 Å². The van der Waals surface area contributed by atoms with Gasteiger partial charge in [0.15, 0.2) is 6.10 Å². The van der Waals surface area contributed by atoms with Crippen LogP contribution in [0.1, 0.15) is 284 Å². The number of nitrogens with zero attached hydrogens (tertiary/aromatic N) is 1. The van der Waals surface area contributed by atoms with E-state index in [2.05, 4.69) is 148 Å². The Kier molecular flexibility index (Phi) is 63.8. The van der Waals surface area contributed by atoms with Gasteiger partial charge >= 0.3 is 17.9 Å². The van der Waals surface area contributed by atoms with Gasteiger partial charge in [0.05, 0.1) is 34.4 Å². The van der Waals surface area contributed by atoms with E-state index in [0.717, 1.165) is 116 Å². The van der Waals surface area contributed by atoms with Gasteiger partial charge in [-0.15, -0.1) is 0 Å². The average Bonchev–Trinajstić information content (AvgIpc) is 3.56. The fourth-order valence-corrected chi connectivity index (χ4v) is 9.58. The molecule has 0 aromatic rings. The third kappa shape index (κ3) is 68.8. The number of hydrogen-bond acceptors (Lipinski definition) is 7. The molecule has 0 heterocycles. The summed E-state index contributed by atoms with van der Waals surface area (Å²) >= 11 is 0. The number of rotatable bonds is 64. The predicted molar refractivity (Wildman–Crippen MR) is 373 cm³/mol. The molecule has 0 aliphatic rings. The lowest BCUT2D eigenvalue weighted by Gasteiger charge is -2.25. The standard InChI is InChI=1S/C78H131NO8/c1-6-8-10-12-14-16-18-20-22-24-26-28-30-32-34-35-36-37-38-39-40-41-43-44-46-48-50-52-54-56-58-60-62-64-66-68-75(80)85-72-74(73-86-78(77(82)83)84-71-70-79(3,4)5)87-76(81)69-67-65-63-61-59-57-55-53-51-49-47-45-42-33-31-29-27-25-23-21-19-17-15-13-11-9-7-2/h8-11,14-17,20-23,26-29,32-34,42,47,49,74,78H,6-7,12-13,18-19,24-25,30-31,35-41,43-46,48,50-73H2,1-5H3/p+1/b10-8-,11-9-,16-14-,17-15-,22-20-,23-21-,28-26-,29-27-,34-32-,42-33-,49-47-. The van der Waals surface area contributed by atoms with Crippen molar-refractivity contribution in [1.29, 1.82) is 0 Å². The van der Waals surface area contributed by atoms with E-state index in [0.29, 0.717) is 23.9 Å². The van der Waals surface area contributed by atoms with Gasteiger partial charge in [0.2, 0.25) is 0 Å². The second-order valence-corrected chi connectivity index (χ2v) is 24.4. The maximum Gasteiger partial charge on any atom is 0.361 e. The predicted octanol–water partition coefficient (Wildman–Crippen LogP) is 22.1. The molecule has 496 valence electrons. The number of carbonyl (C=O) groups is 3. The molecule has 0 aliphatic carbocycles. The van der Waals surface area contributed by atoms with Crippen LogP contribution in [0.15, 0.2) is 134 Å². The highest BCUT2D eigenvalue weighted by Crippen LogP contribution is 2.17. The van der Waals surface area contributed by atoms with Crippen molar-refractivity contribution in [1.82, 2.24) is 0 Å². The highest BCUT2D eigenvalue weighted by Gasteiger charge is 2.25. The Labute approximate surface area is 535 Å². The van der Waals surface area contributed by atoms with Crippen molar-refractivity contribution in [3.05, 3.63) is 134 Å². The SMILES string of the molecule is CC/C=C\C/C=C\C/C=C\C/C=C\C/C=C\C/C=C\CCCCCCCCCCC(=O)OC(COC(=O)CCCCCCCCCCCCCCCCCCCCC/C=C\C/C=C\C/C=C\C/C=C\C/C=C\CC)COC(OCC[N+](C)(C)C)C(=O)O. The van der Waals surface area contributed by atoms with Crippen LogP contribution in [0.25, 0.3) is 0 Å². The first kappa shape index (κ1) is 82.4. The first-order chi connectivity index (χ1) is 42.6. The molecule has 9 nitrogen and oxygen atoms in total. The fourth-order valence-electron chi connectivity index (χ4n) is 9.58. The topological polar surface area (TPSA) is 108 Å². The average molecular weight is 1210 g/mol. The second-order valence-electron chi connectivity index (χ2n) is 24.4. The van der Waals surface area contributed by atoms with E-state index in [1.807, 2.05) is 21.1 Å². The molecule has 0 fully saturated rings. The van der Waals surface area contributed by atoms with Crippen LogP contribution in [0.3, 0.4) is 0 Å². The summed E-state index contributed by atoms with van der Waals surface area (Å²) in [7, 11) is 5.97. The molecule has 0 bridgehead atoms. The number of ether oxygens (including phenoxy) is 4. The Hall–Kier alpha value is -4.57. The van der Waals surface area contributed by atoms with E-state index in [1.54, 1.807) is 0 Å². The Bertz CT molecular complexity index is 1890. The number of allylic oxidation sites excluding steroid dienone is 22. The fraction of sp³-hybridized carbons (Fsp3) is 0.679. The molecule has 0 aliphatic heterocycles. The Morgan fingerprint density at radius 2 is 0.621 bits per heavy atom. The van der Waals surface area contributed by atoms with Crippen LogP contribution in [-0.4, -0.2) is 87.4 Å². The van der Waals surface area contributed by atoms with Gasteiger partial charge in [0.25, 0.3) is 6.29 Å². The normalized spacial score (nSPS) is 13.5. The zero-order chi connectivity index (χ0) is 63.3. The molecule has 0 radical (unpaired) electrons. The molecule has 1 N–H and O–H groups in total. The Balaban J connectivity index is 4.11. The van der Waals surface area contributed by atoms with E-state index in [-0.39, 0.29) is 32.2 Å². The zero-order valence-electron chi connectivity index (χ0n) is 56.6. The number of carboxylic acid groups (broad SMARTS) is 1. The zero-order valence-corrected chi connectivity index (χ0v) is 56.6. The molecule has 2 atom stereocenters. The summed E-state index contributed by atoms with van der Waals surface area (Å²) in [4.78, 5) is 37.6. The van der Waals surface area contributed by atoms with Crippen LogP contribution in [0, 0.1) is 0 Å². The smallest absolute Gasteiger partial charge is 0.361 e. The molecule has 0 aromatic heterocycles. The number of likely N-dealkylation sites (N-methyl/N-ethyl adjacent to an activating group) is 1. The van der Waals surface area contributed by atoms with E-state index in [4.69, 9.17) is 18.9 Å². The molecule has 0 spiro atoms. The molecule has 87 heavy (non-hydrogen) atoms. The van der Waals surface area contributed by atoms with Gasteiger partial charge in [-0.25, -0.2) is 4.79 Å². The van der Waals surface area contributed by atoms with Gasteiger partial charge in [-0.3, -0.25) is 9.59 Å². The van der Waals surface area contributed by atoms with Crippen molar-refractivity contribution >= 4 is 17.9 Å². The molecule has 2 unspecified atom stereocenters. The summed E-state index contributed by atoms with van der Waals surface area (Å²) in [6.45, 7) is 4.65. The van der Waals surface area contributed by atoms with Crippen LogP contribution in [0.4, 0.5) is 0 Å². The van der Waals surface area contributed by atoms with Crippen molar-refractivity contribution in [3.63, 3.8) is 0 Å². The maximum absolute atomic E-state index is 12.9. The van der Waals surface area contributed by atoms with Gasteiger partial charge in [-0.2, -0.15) is 0 Å². The van der Waals surface area contributed by atoms with Gasteiger partial charge in [-0.1, -0.05) is 295 Å². The van der Waals surface area contributed by atoms with Crippen LogP contribution < -0.4 is 0 Å². The maximum atomic E-state index is 12.9. The molecule has 0 saturated heterocycles. The molecule has 0 amide bonds.